The molecule has 1 N–H and O–H groups in total. The summed E-state index contributed by atoms with van der Waals surface area (Å²) in [7, 11) is 0. The molecule has 2 amide bonds. The van der Waals surface area contributed by atoms with Gasteiger partial charge in [-0.2, -0.15) is 0 Å². The van der Waals surface area contributed by atoms with Crippen molar-refractivity contribution in [2.45, 2.75) is 38.5 Å². The molecule has 1 aliphatic rings. The number of nitrogens with zero attached hydrogens (tertiary/aromatic N) is 4. The van der Waals surface area contributed by atoms with E-state index in [1.165, 1.54) is 33.8 Å². The Morgan fingerprint density at radius 3 is 2.62 bits per heavy atom. The number of hydrogen-bond donors (Lipinski definition) is 1. The minimum Gasteiger partial charge on any atom is -0.494 e. The summed E-state index contributed by atoms with van der Waals surface area (Å²) in [5.74, 6) is -0.596. The summed E-state index contributed by atoms with van der Waals surface area (Å²) in [6.45, 7) is 3.19. The van der Waals surface area contributed by atoms with Crippen molar-refractivity contribution in [1.82, 2.24) is 20.3 Å². The fraction of sp³-hybridized carbons (Fsp3) is 0.310. The second kappa shape index (κ2) is 12.0. The van der Waals surface area contributed by atoms with E-state index in [1.807, 2.05) is 31.2 Å². The van der Waals surface area contributed by atoms with Gasteiger partial charge in [0.15, 0.2) is 0 Å². The highest BCUT2D eigenvalue weighted by Gasteiger charge is 2.34. The number of amides is 2. The Morgan fingerprint density at radius 1 is 1.13 bits per heavy atom. The Balaban J connectivity index is 1.52. The van der Waals surface area contributed by atoms with Gasteiger partial charge in [-0.25, -0.2) is 9.07 Å². The molecule has 202 valence electrons. The van der Waals surface area contributed by atoms with Gasteiger partial charge in [-0.05, 0) is 73.9 Å². The van der Waals surface area contributed by atoms with Crippen molar-refractivity contribution in [2.75, 3.05) is 24.7 Å². The second-order valence-corrected chi connectivity index (χ2v) is 9.26. The molecule has 4 aromatic rings. The zero-order valence-corrected chi connectivity index (χ0v) is 21.6. The number of ether oxygens (including phenoxy) is 2. The van der Waals surface area contributed by atoms with E-state index >= 15 is 0 Å². The molecule has 1 aliphatic heterocycles. The van der Waals surface area contributed by atoms with Gasteiger partial charge in [-0.1, -0.05) is 29.5 Å². The maximum atomic E-state index is 14.0. The molecule has 0 aliphatic carbocycles. The van der Waals surface area contributed by atoms with Crippen molar-refractivity contribution in [3.63, 3.8) is 0 Å². The largest absolute Gasteiger partial charge is 0.494 e. The molecule has 9 nitrogen and oxygen atoms in total. The Kier molecular flexibility index (Phi) is 8.12. The highest BCUT2D eigenvalue weighted by atomic mass is 19.1. The Labute approximate surface area is 225 Å². The van der Waals surface area contributed by atoms with Crippen LogP contribution in [-0.2, 0) is 20.9 Å². The predicted octanol–water partition coefficient (Wildman–Crippen LogP) is 4.04. The van der Waals surface area contributed by atoms with E-state index in [1.54, 1.807) is 24.3 Å². The van der Waals surface area contributed by atoms with Gasteiger partial charge in [-0.15, -0.1) is 5.10 Å². The normalized spacial score (nSPS) is 15.7. The molecular formula is C29H30FN5O4. The molecule has 0 saturated carbocycles. The summed E-state index contributed by atoms with van der Waals surface area (Å²) in [6.07, 6.45) is 1.72. The molecule has 39 heavy (non-hydrogen) atoms. The Hall–Kier alpha value is -4.31. The lowest BCUT2D eigenvalue weighted by Crippen LogP contribution is -2.46. The fourth-order valence-corrected chi connectivity index (χ4v) is 4.72. The van der Waals surface area contributed by atoms with E-state index in [0.29, 0.717) is 47.8 Å². The zero-order valence-electron chi connectivity index (χ0n) is 21.6. The molecule has 0 bridgehead atoms. The van der Waals surface area contributed by atoms with Crippen LogP contribution in [0.15, 0.2) is 72.8 Å². The maximum Gasteiger partial charge on any atom is 0.249 e. The number of rotatable bonds is 10. The van der Waals surface area contributed by atoms with Crippen molar-refractivity contribution >= 4 is 28.5 Å². The SMILES string of the molecule is CCOc1ccc([C@H](C(=O)NC[C@@H]2CCCO2)N(C(=O)Cn2nnc3ccccc32)c2ccc(F)cc2)cc1. The number of carbonyl (C=O) groups excluding carboxylic acids is 2. The van der Waals surface area contributed by atoms with Crippen molar-refractivity contribution < 1.29 is 23.5 Å². The highest BCUT2D eigenvalue weighted by Crippen LogP contribution is 2.30. The lowest BCUT2D eigenvalue weighted by molar-refractivity contribution is -0.127. The van der Waals surface area contributed by atoms with Crippen LogP contribution in [-0.4, -0.2) is 52.7 Å². The van der Waals surface area contributed by atoms with Crippen LogP contribution in [0.1, 0.15) is 31.4 Å². The number of para-hydroxylation sites is 1. The minimum atomic E-state index is -1.05. The molecule has 2 heterocycles. The van der Waals surface area contributed by atoms with E-state index in [4.69, 9.17) is 9.47 Å². The Morgan fingerprint density at radius 2 is 1.90 bits per heavy atom. The summed E-state index contributed by atoms with van der Waals surface area (Å²) in [4.78, 5) is 29.2. The molecule has 0 radical (unpaired) electrons. The van der Waals surface area contributed by atoms with Gasteiger partial charge in [0, 0.05) is 18.8 Å². The molecule has 2 atom stereocenters. The van der Waals surface area contributed by atoms with Gasteiger partial charge in [0.25, 0.3) is 0 Å². The molecular weight excluding hydrogens is 501 g/mol. The van der Waals surface area contributed by atoms with Gasteiger partial charge >= 0.3 is 0 Å². The monoisotopic (exact) mass is 531 g/mol. The van der Waals surface area contributed by atoms with Crippen LogP contribution in [0.5, 0.6) is 5.75 Å². The second-order valence-electron chi connectivity index (χ2n) is 9.26. The molecule has 0 spiro atoms. The highest BCUT2D eigenvalue weighted by molar-refractivity contribution is 6.01. The van der Waals surface area contributed by atoms with Crippen molar-refractivity contribution in [2.24, 2.45) is 0 Å². The number of aromatic nitrogens is 3. The quantitative estimate of drug-likeness (QED) is 0.332. The lowest BCUT2D eigenvalue weighted by atomic mass is 10.0. The minimum absolute atomic E-state index is 0.0774. The zero-order chi connectivity index (χ0) is 27.2. The van der Waals surface area contributed by atoms with Crippen LogP contribution in [0, 0.1) is 5.82 Å². The van der Waals surface area contributed by atoms with E-state index < -0.39 is 17.8 Å². The van der Waals surface area contributed by atoms with E-state index in [2.05, 4.69) is 15.6 Å². The summed E-state index contributed by atoms with van der Waals surface area (Å²) in [5, 5.41) is 11.3. The number of fused-ring (bicyclic) bond motifs is 1. The standard InChI is InChI=1S/C29H30FN5O4/c1-2-38-23-15-9-20(10-16-23)28(29(37)31-18-24-6-5-17-39-24)35(22-13-11-21(30)12-14-22)27(36)19-34-26-8-4-3-7-25(26)32-33-34/h3-4,7-16,24,28H,2,5-6,17-19H2,1H3,(H,31,37)/t24-,28+/m0/s1. The van der Waals surface area contributed by atoms with Crippen molar-refractivity contribution in [3.05, 3.63) is 84.2 Å². The van der Waals surface area contributed by atoms with Crippen LogP contribution < -0.4 is 15.0 Å². The molecule has 0 unspecified atom stereocenters. The fourth-order valence-electron chi connectivity index (χ4n) is 4.72. The molecule has 1 aromatic heterocycles. The third-order valence-electron chi connectivity index (χ3n) is 6.62. The lowest BCUT2D eigenvalue weighted by Gasteiger charge is -2.32. The number of anilines is 1. The summed E-state index contributed by atoms with van der Waals surface area (Å²) in [5.41, 5.74) is 2.28. The molecule has 1 fully saturated rings. The van der Waals surface area contributed by atoms with E-state index in [9.17, 15) is 14.0 Å². The van der Waals surface area contributed by atoms with Crippen molar-refractivity contribution in [3.8, 4) is 5.75 Å². The number of benzene rings is 3. The average molecular weight is 532 g/mol. The van der Waals surface area contributed by atoms with E-state index in [-0.39, 0.29) is 18.6 Å². The third kappa shape index (κ3) is 6.06. The first kappa shape index (κ1) is 26.3. The van der Waals surface area contributed by atoms with Crippen molar-refractivity contribution in [1.29, 1.82) is 0 Å². The number of halogens is 1. The number of hydrogen-bond acceptors (Lipinski definition) is 6. The van der Waals surface area contributed by atoms with Gasteiger partial charge in [0.05, 0.1) is 18.2 Å². The van der Waals surface area contributed by atoms with Gasteiger partial charge in [0.1, 0.15) is 29.7 Å². The summed E-state index contributed by atoms with van der Waals surface area (Å²) >= 11 is 0. The maximum absolute atomic E-state index is 14.0. The first-order valence-corrected chi connectivity index (χ1v) is 13.0. The van der Waals surface area contributed by atoms with E-state index in [0.717, 1.165) is 12.8 Å². The topological polar surface area (TPSA) is 98.6 Å². The van der Waals surface area contributed by atoms with Crippen LogP contribution in [0.3, 0.4) is 0 Å². The van der Waals surface area contributed by atoms with Gasteiger partial charge in [0.2, 0.25) is 11.8 Å². The van der Waals surface area contributed by atoms with Crippen LogP contribution >= 0.6 is 0 Å². The molecule has 10 heteroatoms. The molecule has 3 aromatic carbocycles. The summed E-state index contributed by atoms with van der Waals surface area (Å²) < 4.78 is 26.6. The van der Waals surface area contributed by atoms with Crippen LogP contribution in [0.4, 0.5) is 10.1 Å². The summed E-state index contributed by atoms with van der Waals surface area (Å²) in [6, 6.07) is 18.8. The predicted molar refractivity (Wildman–Crippen MR) is 144 cm³/mol. The number of carbonyl (C=O) groups is 2. The molecule has 1 saturated heterocycles. The first-order valence-electron chi connectivity index (χ1n) is 13.0. The first-order chi connectivity index (χ1) is 19.0. The number of nitrogens with one attached hydrogen (secondary N) is 1. The molecule has 5 rings (SSSR count). The Bertz CT molecular complexity index is 1420. The average Bonchev–Trinajstić information content (AvgIpc) is 3.62. The van der Waals surface area contributed by atoms with Crippen LogP contribution in [0.2, 0.25) is 0 Å². The smallest absolute Gasteiger partial charge is 0.249 e. The van der Waals surface area contributed by atoms with Gasteiger partial charge in [-0.3, -0.25) is 14.5 Å². The van der Waals surface area contributed by atoms with Gasteiger partial charge < -0.3 is 14.8 Å². The van der Waals surface area contributed by atoms with Crippen LogP contribution in [0.25, 0.3) is 11.0 Å². The third-order valence-corrected chi connectivity index (χ3v) is 6.62.